The first-order valence-electron chi connectivity index (χ1n) is 8.31. The molecule has 0 spiro atoms. The molecular weight excluding hydrogens is 383 g/mol. The predicted octanol–water partition coefficient (Wildman–Crippen LogP) is 3.93. The van der Waals surface area contributed by atoms with Gasteiger partial charge in [-0.1, -0.05) is 29.5 Å². The second-order valence-electron chi connectivity index (χ2n) is 5.99. The number of imide groups is 1. The van der Waals surface area contributed by atoms with Crippen LogP contribution in [0, 0.1) is 19.7 Å². The SMILES string of the molecule is Cc1ccc(NC(=O)NC(=O)CSc2nnc(-c3ccc(F)cc3)o2)c(C)c1. The van der Waals surface area contributed by atoms with Gasteiger partial charge in [-0.3, -0.25) is 10.1 Å². The number of aromatic nitrogens is 2. The number of aryl methyl sites for hydroxylation is 2. The second-order valence-corrected chi connectivity index (χ2v) is 6.92. The molecule has 0 aliphatic heterocycles. The Bertz CT molecular complexity index is 1000. The summed E-state index contributed by atoms with van der Waals surface area (Å²) in [6, 6.07) is 10.6. The molecule has 9 heteroatoms. The van der Waals surface area contributed by atoms with E-state index in [2.05, 4.69) is 20.8 Å². The summed E-state index contributed by atoms with van der Waals surface area (Å²) in [5.41, 5.74) is 3.18. The summed E-state index contributed by atoms with van der Waals surface area (Å²) in [4.78, 5) is 23.9. The van der Waals surface area contributed by atoms with E-state index in [4.69, 9.17) is 4.42 Å². The zero-order chi connectivity index (χ0) is 20.1. The summed E-state index contributed by atoms with van der Waals surface area (Å²) < 4.78 is 18.4. The third-order valence-corrected chi connectivity index (χ3v) is 4.53. The average molecular weight is 400 g/mol. The Kier molecular flexibility index (Phi) is 6.05. The Hall–Kier alpha value is -3.20. The average Bonchev–Trinajstić information content (AvgIpc) is 3.12. The molecule has 0 saturated heterocycles. The van der Waals surface area contributed by atoms with Crippen LogP contribution in [0.2, 0.25) is 0 Å². The van der Waals surface area contributed by atoms with Crippen LogP contribution in [-0.2, 0) is 4.79 Å². The van der Waals surface area contributed by atoms with E-state index in [1.807, 2.05) is 26.0 Å². The lowest BCUT2D eigenvalue weighted by Gasteiger charge is -2.09. The Balaban J connectivity index is 1.50. The molecule has 0 unspecified atom stereocenters. The van der Waals surface area contributed by atoms with Gasteiger partial charge in [0.1, 0.15) is 5.82 Å². The molecule has 7 nitrogen and oxygen atoms in total. The summed E-state index contributed by atoms with van der Waals surface area (Å²) in [7, 11) is 0. The maximum atomic E-state index is 13.0. The highest BCUT2D eigenvalue weighted by atomic mass is 32.2. The van der Waals surface area contributed by atoms with Gasteiger partial charge in [-0.05, 0) is 49.7 Å². The number of nitrogens with zero attached hydrogens (tertiary/aromatic N) is 2. The summed E-state index contributed by atoms with van der Waals surface area (Å²) >= 11 is 0.994. The molecule has 0 aliphatic carbocycles. The van der Waals surface area contributed by atoms with E-state index >= 15 is 0 Å². The maximum Gasteiger partial charge on any atom is 0.325 e. The van der Waals surface area contributed by atoms with Crippen molar-refractivity contribution in [1.82, 2.24) is 15.5 Å². The van der Waals surface area contributed by atoms with Crippen molar-refractivity contribution in [3.05, 3.63) is 59.4 Å². The normalized spacial score (nSPS) is 10.5. The molecule has 144 valence electrons. The molecule has 3 aromatic rings. The molecule has 0 radical (unpaired) electrons. The number of thioether (sulfide) groups is 1. The van der Waals surface area contributed by atoms with Crippen molar-refractivity contribution in [3.63, 3.8) is 0 Å². The first-order valence-corrected chi connectivity index (χ1v) is 9.29. The summed E-state index contributed by atoms with van der Waals surface area (Å²) in [6.07, 6.45) is 0. The van der Waals surface area contributed by atoms with Crippen molar-refractivity contribution in [1.29, 1.82) is 0 Å². The van der Waals surface area contributed by atoms with Gasteiger partial charge in [0.2, 0.25) is 11.8 Å². The Morgan fingerprint density at radius 1 is 1.11 bits per heavy atom. The maximum absolute atomic E-state index is 13.0. The number of carbonyl (C=O) groups excluding carboxylic acids is 2. The van der Waals surface area contributed by atoms with Crippen molar-refractivity contribution in [2.24, 2.45) is 0 Å². The summed E-state index contributed by atoms with van der Waals surface area (Å²) in [6.45, 7) is 3.82. The fourth-order valence-electron chi connectivity index (χ4n) is 2.37. The van der Waals surface area contributed by atoms with Crippen LogP contribution < -0.4 is 10.6 Å². The van der Waals surface area contributed by atoms with Gasteiger partial charge >= 0.3 is 6.03 Å². The lowest BCUT2D eigenvalue weighted by atomic mass is 10.1. The lowest BCUT2D eigenvalue weighted by molar-refractivity contribution is -0.117. The third kappa shape index (κ3) is 5.17. The van der Waals surface area contributed by atoms with Gasteiger partial charge in [0, 0.05) is 11.3 Å². The van der Waals surface area contributed by atoms with E-state index in [9.17, 15) is 14.0 Å². The van der Waals surface area contributed by atoms with E-state index in [1.54, 1.807) is 6.07 Å². The minimum atomic E-state index is -0.616. The fourth-order valence-corrected chi connectivity index (χ4v) is 2.94. The van der Waals surface area contributed by atoms with Crippen LogP contribution >= 0.6 is 11.8 Å². The fraction of sp³-hybridized carbons (Fsp3) is 0.158. The molecule has 0 bridgehead atoms. The van der Waals surface area contributed by atoms with Crippen LogP contribution in [0.15, 0.2) is 52.1 Å². The van der Waals surface area contributed by atoms with E-state index < -0.39 is 11.9 Å². The molecular formula is C19H17FN4O3S. The molecule has 2 N–H and O–H groups in total. The number of hydrogen-bond acceptors (Lipinski definition) is 6. The number of nitrogens with one attached hydrogen (secondary N) is 2. The third-order valence-electron chi connectivity index (χ3n) is 3.71. The summed E-state index contributed by atoms with van der Waals surface area (Å²) in [5.74, 6) is -0.733. The van der Waals surface area contributed by atoms with E-state index in [-0.39, 0.29) is 22.7 Å². The van der Waals surface area contributed by atoms with Crippen molar-refractivity contribution >= 4 is 29.4 Å². The zero-order valence-electron chi connectivity index (χ0n) is 15.2. The molecule has 0 fully saturated rings. The monoisotopic (exact) mass is 400 g/mol. The predicted molar refractivity (Wildman–Crippen MR) is 103 cm³/mol. The van der Waals surface area contributed by atoms with Gasteiger partial charge in [0.25, 0.3) is 5.22 Å². The first-order chi connectivity index (χ1) is 13.4. The highest BCUT2D eigenvalue weighted by Crippen LogP contribution is 2.23. The number of carbonyl (C=O) groups is 2. The van der Waals surface area contributed by atoms with Gasteiger partial charge in [-0.2, -0.15) is 0 Å². The molecule has 1 aromatic heterocycles. The Morgan fingerprint density at radius 3 is 2.57 bits per heavy atom. The molecule has 1 heterocycles. The largest absolute Gasteiger partial charge is 0.411 e. The van der Waals surface area contributed by atoms with Gasteiger partial charge in [0.15, 0.2) is 0 Å². The van der Waals surface area contributed by atoms with Crippen LogP contribution in [0.5, 0.6) is 0 Å². The number of anilines is 1. The highest BCUT2D eigenvalue weighted by Gasteiger charge is 2.13. The number of halogens is 1. The Labute approximate surface area is 164 Å². The summed E-state index contributed by atoms with van der Waals surface area (Å²) in [5, 5.41) is 12.7. The van der Waals surface area contributed by atoms with Crippen LogP contribution in [0.25, 0.3) is 11.5 Å². The second kappa shape index (κ2) is 8.66. The first kappa shape index (κ1) is 19.6. The van der Waals surface area contributed by atoms with Gasteiger partial charge in [-0.25, -0.2) is 9.18 Å². The topological polar surface area (TPSA) is 97.1 Å². The van der Waals surface area contributed by atoms with Crippen molar-refractivity contribution in [2.45, 2.75) is 19.1 Å². The van der Waals surface area contributed by atoms with Crippen molar-refractivity contribution in [2.75, 3.05) is 11.1 Å². The van der Waals surface area contributed by atoms with Gasteiger partial charge in [-0.15, -0.1) is 10.2 Å². The minimum Gasteiger partial charge on any atom is -0.411 e. The number of amides is 3. The molecule has 3 rings (SSSR count). The van der Waals surface area contributed by atoms with Gasteiger partial charge < -0.3 is 9.73 Å². The van der Waals surface area contributed by atoms with Gasteiger partial charge in [0.05, 0.1) is 5.75 Å². The number of hydrogen-bond donors (Lipinski definition) is 2. The smallest absolute Gasteiger partial charge is 0.325 e. The molecule has 28 heavy (non-hydrogen) atoms. The Morgan fingerprint density at radius 2 is 1.86 bits per heavy atom. The van der Waals surface area contributed by atoms with Crippen LogP contribution in [0.1, 0.15) is 11.1 Å². The quantitative estimate of drug-likeness (QED) is 0.630. The number of benzene rings is 2. The minimum absolute atomic E-state index is 0.0780. The molecule has 0 atom stereocenters. The molecule has 0 saturated carbocycles. The van der Waals surface area contributed by atoms with Crippen LogP contribution in [-0.4, -0.2) is 27.9 Å². The molecule has 0 aliphatic rings. The van der Waals surface area contributed by atoms with E-state index in [0.29, 0.717) is 11.3 Å². The molecule has 2 aromatic carbocycles. The number of rotatable bonds is 5. The van der Waals surface area contributed by atoms with Crippen molar-refractivity contribution < 1.29 is 18.4 Å². The standard InChI is InChI=1S/C19H17FN4O3S/c1-11-3-8-15(12(2)9-11)21-18(26)22-16(25)10-28-19-24-23-17(27-19)13-4-6-14(20)7-5-13/h3-9H,10H2,1-2H3,(H2,21,22,25,26). The highest BCUT2D eigenvalue weighted by molar-refractivity contribution is 7.99. The lowest BCUT2D eigenvalue weighted by Crippen LogP contribution is -2.35. The van der Waals surface area contributed by atoms with E-state index in [1.165, 1.54) is 24.3 Å². The van der Waals surface area contributed by atoms with Crippen molar-refractivity contribution in [3.8, 4) is 11.5 Å². The molecule has 3 amide bonds. The number of urea groups is 1. The zero-order valence-corrected chi connectivity index (χ0v) is 16.0. The van der Waals surface area contributed by atoms with E-state index in [0.717, 1.165) is 22.9 Å². The van der Waals surface area contributed by atoms with Crippen LogP contribution in [0.4, 0.5) is 14.9 Å². The van der Waals surface area contributed by atoms with Crippen LogP contribution in [0.3, 0.4) is 0 Å².